The number of esters is 1. The summed E-state index contributed by atoms with van der Waals surface area (Å²) in [4.78, 5) is 34.5. The third-order valence-electron chi connectivity index (χ3n) is 3.79. The summed E-state index contributed by atoms with van der Waals surface area (Å²) in [6, 6.07) is 16.9. The van der Waals surface area contributed by atoms with Crippen LogP contribution in [0.3, 0.4) is 0 Å². The predicted molar refractivity (Wildman–Crippen MR) is 103 cm³/mol. The molecule has 142 valence electrons. The first-order chi connectivity index (χ1) is 13.0. The molecule has 27 heavy (non-hydrogen) atoms. The molecule has 2 aromatic rings. The molecule has 0 saturated heterocycles. The molecule has 0 bridgehead atoms. The van der Waals surface area contributed by atoms with E-state index in [-0.39, 0.29) is 24.8 Å². The second-order valence-corrected chi connectivity index (χ2v) is 6.15. The smallest absolute Gasteiger partial charge is 0.310 e. The van der Waals surface area contributed by atoms with Gasteiger partial charge in [-0.15, -0.1) is 0 Å². The van der Waals surface area contributed by atoms with Crippen LogP contribution in [0.5, 0.6) is 0 Å². The maximum Gasteiger partial charge on any atom is 0.310 e. The molecule has 6 nitrogen and oxygen atoms in total. The lowest BCUT2D eigenvalue weighted by Gasteiger charge is -2.07. The summed E-state index contributed by atoms with van der Waals surface area (Å²) in [5.41, 5.74) is 2.63. The normalized spacial score (nSPS) is 10.1. The molecule has 0 fully saturated rings. The van der Waals surface area contributed by atoms with Crippen LogP contribution in [-0.2, 0) is 32.0 Å². The van der Waals surface area contributed by atoms with Gasteiger partial charge in [-0.3, -0.25) is 14.4 Å². The topological polar surface area (TPSA) is 84.5 Å². The largest absolute Gasteiger partial charge is 0.455 e. The molecule has 0 saturated carbocycles. The van der Waals surface area contributed by atoms with Gasteiger partial charge in [-0.25, -0.2) is 0 Å². The standard InChI is InChI=1S/C21H24N2O4/c1-16(24)23-19-11-9-18(10-12-19)14-21(26)27-15-20(25)22-13-5-8-17-6-3-2-4-7-17/h2-4,6-7,9-12H,5,8,13-15H2,1H3,(H,22,25)(H,23,24). The van der Waals surface area contributed by atoms with Gasteiger partial charge in [0.15, 0.2) is 6.61 Å². The summed E-state index contributed by atoms with van der Waals surface area (Å²) in [5.74, 6) is -0.934. The molecule has 0 spiro atoms. The summed E-state index contributed by atoms with van der Waals surface area (Å²) in [5, 5.41) is 5.39. The van der Waals surface area contributed by atoms with E-state index in [0.717, 1.165) is 18.4 Å². The molecule has 2 aromatic carbocycles. The molecular formula is C21H24N2O4. The molecule has 0 aliphatic heterocycles. The maximum absolute atomic E-state index is 11.8. The summed E-state index contributed by atoms with van der Waals surface area (Å²) in [6.45, 7) is 1.68. The van der Waals surface area contributed by atoms with E-state index in [1.165, 1.54) is 12.5 Å². The second-order valence-electron chi connectivity index (χ2n) is 6.15. The van der Waals surface area contributed by atoms with Crippen molar-refractivity contribution in [1.82, 2.24) is 5.32 Å². The van der Waals surface area contributed by atoms with Gasteiger partial charge in [0, 0.05) is 19.2 Å². The van der Waals surface area contributed by atoms with Crippen molar-refractivity contribution in [2.45, 2.75) is 26.2 Å². The molecular weight excluding hydrogens is 344 g/mol. The lowest BCUT2D eigenvalue weighted by Crippen LogP contribution is -2.30. The first kappa shape index (κ1) is 20.2. The highest BCUT2D eigenvalue weighted by Gasteiger charge is 2.08. The van der Waals surface area contributed by atoms with Crippen molar-refractivity contribution in [2.75, 3.05) is 18.5 Å². The lowest BCUT2D eigenvalue weighted by molar-refractivity contribution is -0.147. The number of ether oxygens (including phenoxy) is 1. The van der Waals surface area contributed by atoms with E-state index in [9.17, 15) is 14.4 Å². The zero-order valence-corrected chi connectivity index (χ0v) is 15.4. The highest BCUT2D eigenvalue weighted by Crippen LogP contribution is 2.10. The zero-order valence-electron chi connectivity index (χ0n) is 15.4. The van der Waals surface area contributed by atoms with Crippen molar-refractivity contribution in [1.29, 1.82) is 0 Å². The Morgan fingerprint density at radius 1 is 0.926 bits per heavy atom. The summed E-state index contributed by atoms with van der Waals surface area (Å²) >= 11 is 0. The van der Waals surface area contributed by atoms with E-state index in [2.05, 4.69) is 10.6 Å². The highest BCUT2D eigenvalue weighted by molar-refractivity contribution is 5.88. The third kappa shape index (κ3) is 8.18. The van der Waals surface area contributed by atoms with Gasteiger partial charge in [-0.05, 0) is 36.1 Å². The molecule has 0 aromatic heterocycles. The molecule has 0 unspecified atom stereocenters. The van der Waals surface area contributed by atoms with E-state index in [4.69, 9.17) is 4.74 Å². The van der Waals surface area contributed by atoms with Crippen LogP contribution in [0.15, 0.2) is 54.6 Å². The van der Waals surface area contributed by atoms with Crippen LogP contribution in [0.1, 0.15) is 24.5 Å². The predicted octanol–water partition coefficient (Wildman–Crippen LogP) is 2.48. The van der Waals surface area contributed by atoms with Gasteiger partial charge in [0.1, 0.15) is 0 Å². The van der Waals surface area contributed by atoms with Crippen LogP contribution in [0.2, 0.25) is 0 Å². The molecule has 0 radical (unpaired) electrons. The number of hydrogen-bond acceptors (Lipinski definition) is 4. The van der Waals surface area contributed by atoms with Gasteiger partial charge in [0.25, 0.3) is 5.91 Å². The first-order valence-corrected chi connectivity index (χ1v) is 8.85. The van der Waals surface area contributed by atoms with Crippen LogP contribution >= 0.6 is 0 Å². The number of carbonyl (C=O) groups excluding carboxylic acids is 3. The Balaban J connectivity index is 1.61. The Morgan fingerprint density at radius 3 is 2.30 bits per heavy atom. The minimum Gasteiger partial charge on any atom is -0.455 e. The molecule has 0 aliphatic rings. The van der Waals surface area contributed by atoms with Crippen LogP contribution in [0.25, 0.3) is 0 Å². The monoisotopic (exact) mass is 368 g/mol. The molecule has 6 heteroatoms. The van der Waals surface area contributed by atoms with Gasteiger partial charge >= 0.3 is 5.97 Å². The number of amides is 2. The fourth-order valence-corrected chi connectivity index (χ4v) is 2.49. The molecule has 2 N–H and O–H groups in total. The molecule has 0 aliphatic carbocycles. The fourth-order valence-electron chi connectivity index (χ4n) is 2.49. The second kappa shape index (κ2) is 10.8. The van der Waals surface area contributed by atoms with E-state index in [1.807, 2.05) is 30.3 Å². The van der Waals surface area contributed by atoms with Crippen LogP contribution in [-0.4, -0.2) is 30.9 Å². The molecule has 2 amide bonds. The number of aryl methyl sites for hydroxylation is 1. The summed E-state index contributed by atoms with van der Waals surface area (Å²) in [7, 11) is 0. The van der Waals surface area contributed by atoms with Crippen molar-refractivity contribution < 1.29 is 19.1 Å². The van der Waals surface area contributed by atoms with Crippen molar-refractivity contribution >= 4 is 23.5 Å². The van der Waals surface area contributed by atoms with Gasteiger partial charge in [-0.2, -0.15) is 0 Å². The summed E-state index contributed by atoms with van der Waals surface area (Å²) < 4.78 is 5.00. The van der Waals surface area contributed by atoms with E-state index >= 15 is 0 Å². The number of benzene rings is 2. The van der Waals surface area contributed by atoms with E-state index in [0.29, 0.717) is 12.2 Å². The van der Waals surface area contributed by atoms with E-state index in [1.54, 1.807) is 24.3 Å². The molecule has 0 heterocycles. The zero-order chi connectivity index (χ0) is 19.5. The number of hydrogen-bond donors (Lipinski definition) is 2. The van der Waals surface area contributed by atoms with Crippen LogP contribution in [0, 0.1) is 0 Å². The highest BCUT2D eigenvalue weighted by atomic mass is 16.5. The average Bonchev–Trinajstić information content (AvgIpc) is 2.65. The van der Waals surface area contributed by atoms with Crippen molar-refractivity contribution in [3.63, 3.8) is 0 Å². The third-order valence-corrected chi connectivity index (χ3v) is 3.79. The minimum atomic E-state index is -0.471. The average molecular weight is 368 g/mol. The van der Waals surface area contributed by atoms with Crippen molar-refractivity contribution in [3.05, 3.63) is 65.7 Å². The number of nitrogens with one attached hydrogen (secondary N) is 2. The van der Waals surface area contributed by atoms with Crippen LogP contribution < -0.4 is 10.6 Å². The van der Waals surface area contributed by atoms with Gasteiger partial charge in [-0.1, -0.05) is 42.5 Å². The fraction of sp³-hybridized carbons (Fsp3) is 0.286. The Kier molecular flexibility index (Phi) is 8.03. The van der Waals surface area contributed by atoms with E-state index < -0.39 is 5.97 Å². The quantitative estimate of drug-likeness (QED) is 0.526. The minimum absolute atomic E-state index is 0.0711. The van der Waals surface area contributed by atoms with Crippen LogP contribution in [0.4, 0.5) is 5.69 Å². The molecule has 0 atom stereocenters. The Bertz CT molecular complexity index is 758. The van der Waals surface area contributed by atoms with Crippen molar-refractivity contribution in [2.24, 2.45) is 0 Å². The maximum atomic E-state index is 11.8. The Hall–Kier alpha value is -3.15. The number of carbonyl (C=O) groups is 3. The Morgan fingerprint density at radius 2 is 1.63 bits per heavy atom. The first-order valence-electron chi connectivity index (χ1n) is 8.85. The number of anilines is 1. The van der Waals surface area contributed by atoms with Gasteiger partial charge in [0.05, 0.1) is 6.42 Å². The SMILES string of the molecule is CC(=O)Nc1ccc(CC(=O)OCC(=O)NCCCc2ccccc2)cc1. The Labute approximate surface area is 158 Å². The lowest BCUT2D eigenvalue weighted by atomic mass is 10.1. The van der Waals surface area contributed by atoms with Gasteiger partial charge < -0.3 is 15.4 Å². The molecule has 2 rings (SSSR count). The van der Waals surface area contributed by atoms with Gasteiger partial charge in [0.2, 0.25) is 5.91 Å². The van der Waals surface area contributed by atoms with Crippen molar-refractivity contribution in [3.8, 4) is 0 Å². The number of rotatable bonds is 9. The summed E-state index contributed by atoms with van der Waals surface area (Å²) in [6.07, 6.45) is 1.78.